The molecule has 4 heteroatoms. The molecule has 84 valence electrons. The first-order valence-corrected chi connectivity index (χ1v) is 5.72. The number of rotatable bonds is 3. The molecule has 0 unspecified atom stereocenters. The van der Waals surface area contributed by atoms with Crippen molar-refractivity contribution in [1.82, 2.24) is 14.8 Å². The molecule has 1 heterocycles. The summed E-state index contributed by atoms with van der Waals surface area (Å²) in [5.41, 5.74) is 2.51. The maximum atomic E-state index is 6.02. The summed E-state index contributed by atoms with van der Waals surface area (Å²) in [7, 11) is 0. The Kier molecular flexibility index (Phi) is 3.25. The lowest BCUT2D eigenvalue weighted by Crippen LogP contribution is -2.05. The Hall–Kier alpha value is -1.35. The standard InChI is InChI=1S/C12H14ClN3/c1-3-11-14-15-12(13)16(11)8-10-7-5-4-6-9(10)2/h4-7H,3,8H2,1-2H3. The molecule has 0 fully saturated rings. The van der Waals surface area contributed by atoms with Crippen molar-refractivity contribution in [3.8, 4) is 0 Å². The van der Waals surface area contributed by atoms with E-state index in [1.54, 1.807) is 0 Å². The number of benzene rings is 1. The minimum Gasteiger partial charge on any atom is -0.297 e. The van der Waals surface area contributed by atoms with Crippen molar-refractivity contribution in [1.29, 1.82) is 0 Å². The topological polar surface area (TPSA) is 30.7 Å². The molecule has 0 radical (unpaired) electrons. The van der Waals surface area contributed by atoms with E-state index in [1.165, 1.54) is 11.1 Å². The Balaban J connectivity index is 2.33. The number of hydrogen-bond acceptors (Lipinski definition) is 2. The molecule has 0 amide bonds. The number of halogens is 1. The molecule has 2 aromatic rings. The van der Waals surface area contributed by atoms with Gasteiger partial charge in [-0.15, -0.1) is 10.2 Å². The monoisotopic (exact) mass is 235 g/mol. The quantitative estimate of drug-likeness (QED) is 0.819. The Bertz CT molecular complexity index is 491. The number of hydrogen-bond donors (Lipinski definition) is 0. The van der Waals surface area contributed by atoms with Crippen molar-refractivity contribution < 1.29 is 0 Å². The Morgan fingerprint density at radius 3 is 2.69 bits per heavy atom. The van der Waals surface area contributed by atoms with Gasteiger partial charge in [-0.05, 0) is 29.7 Å². The zero-order chi connectivity index (χ0) is 11.5. The lowest BCUT2D eigenvalue weighted by Gasteiger charge is -2.09. The van der Waals surface area contributed by atoms with Crippen LogP contribution in [0.2, 0.25) is 5.28 Å². The molecule has 0 bridgehead atoms. The smallest absolute Gasteiger partial charge is 0.225 e. The highest BCUT2D eigenvalue weighted by Crippen LogP contribution is 2.14. The third kappa shape index (κ3) is 2.09. The zero-order valence-corrected chi connectivity index (χ0v) is 10.2. The maximum Gasteiger partial charge on any atom is 0.225 e. The lowest BCUT2D eigenvalue weighted by molar-refractivity contribution is 0.730. The van der Waals surface area contributed by atoms with Gasteiger partial charge < -0.3 is 0 Å². The van der Waals surface area contributed by atoms with E-state index < -0.39 is 0 Å². The van der Waals surface area contributed by atoms with Gasteiger partial charge in [0.05, 0.1) is 6.54 Å². The van der Waals surface area contributed by atoms with Crippen molar-refractivity contribution >= 4 is 11.6 Å². The van der Waals surface area contributed by atoms with E-state index in [4.69, 9.17) is 11.6 Å². The Morgan fingerprint density at radius 2 is 2.00 bits per heavy atom. The first-order chi connectivity index (χ1) is 7.72. The molecule has 0 aliphatic carbocycles. The Morgan fingerprint density at radius 1 is 1.25 bits per heavy atom. The normalized spacial score (nSPS) is 10.7. The van der Waals surface area contributed by atoms with Crippen LogP contribution in [0.4, 0.5) is 0 Å². The van der Waals surface area contributed by atoms with E-state index in [0.717, 1.165) is 18.8 Å². The molecule has 1 aromatic heterocycles. The molecule has 0 saturated heterocycles. The SMILES string of the molecule is CCc1nnc(Cl)n1Cc1ccccc1C. The minimum atomic E-state index is 0.458. The number of aromatic nitrogens is 3. The molecule has 3 nitrogen and oxygen atoms in total. The van der Waals surface area contributed by atoms with E-state index in [1.807, 2.05) is 16.7 Å². The Labute approximate surface area is 100 Å². The van der Waals surface area contributed by atoms with E-state index >= 15 is 0 Å². The molecule has 1 aromatic carbocycles. The van der Waals surface area contributed by atoms with Crippen LogP contribution in [0.15, 0.2) is 24.3 Å². The second kappa shape index (κ2) is 4.66. The molecule has 0 spiro atoms. The average Bonchev–Trinajstić information content (AvgIpc) is 2.63. The summed E-state index contributed by atoms with van der Waals surface area (Å²) in [6.45, 7) is 4.88. The highest BCUT2D eigenvalue weighted by atomic mass is 35.5. The van der Waals surface area contributed by atoms with Crippen molar-refractivity contribution in [3.05, 3.63) is 46.5 Å². The average molecular weight is 236 g/mol. The predicted molar refractivity (Wildman–Crippen MR) is 64.7 cm³/mol. The molecule has 16 heavy (non-hydrogen) atoms. The fraction of sp³-hybridized carbons (Fsp3) is 0.333. The summed E-state index contributed by atoms with van der Waals surface area (Å²) in [4.78, 5) is 0. The second-order valence-electron chi connectivity index (χ2n) is 3.75. The fourth-order valence-corrected chi connectivity index (χ4v) is 1.88. The van der Waals surface area contributed by atoms with Gasteiger partial charge in [-0.2, -0.15) is 0 Å². The minimum absolute atomic E-state index is 0.458. The van der Waals surface area contributed by atoms with Crippen LogP contribution in [0.5, 0.6) is 0 Å². The predicted octanol–water partition coefficient (Wildman–Crippen LogP) is 2.85. The van der Waals surface area contributed by atoms with Crippen LogP contribution in [-0.4, -0.2) is 14.8 Å². The summed E-state index contributed by atoms with van der Waals surface area (Å²) < 4.78 is 1.95. The summed E-state index contributed by atoms with van der Waals surface area (Å²) in [6.07, 6.45) is 0.839. The summed E-state index contributed by atoms with van der Waals surface area (Å²) in [6, 6.07) is 8.27. The van der Waals surface area contributed by atoms with Crippen LogP contribution < -0.4 is 0 Å². The van der Waals surface area contributed by atoms with Crippen molar-refractivity contribution in [2.75, 3.05) is 0 Å². The van der Waals surface area contributed by atoms with Gasteiger partial charge in [0.15, 0.2) is 0 Å². The zero-order valence-electron chi connectivity index (χ0n) is 9.44. The van der Waals surface area contributed by atoms with Crippen LogP contribution in [0, 0.1) is 6.92 Å². The summed E-state index contributed by atoms with van der Waals surface area (Å²) in [5.74, 6) is 0.924. The van der Waals surface area contributed by atoms with Crippen LogP contribution in [0.25, 0.3) is 0 Å². The fourth-order valence-electron chi connectivity index (χ4n) is 1.69. The summed E-state index contributed by atoms with van der Waals surface area (Å²) >= 11 is 6.02. The van der Waals surface area contributed by atoms with Gasteiger partial charge >= 0.3 is 0 Å². The van der Waals surface area contributed by atoms with Crippen LogP contribution in [0.1, 0.15) is 23.9 Å². The van der Waals surface area contributed by atoms with E-state index in [2.05, 4.69) is 36.2 Å². The third-order valence-corrected chi connectivity index (χ3v) is 2.97. The van der Waals surface area contributed by atoms with Crippen LogP contribution >= 0.6 is 11.6 Å². The van der Waals surface area contributed by atoms with Gasteiger partial charge in [0.2, 0.25) is 5.28 Å². The second-order valence-corrected chi connectivity index (χ2v) is 4.09. The van der Waals surface area contributed by atoms with E-state index in [-0.39, 0.29) is 0 Å². The van der Waals surface area contributed by atoms with E-state index in [9.17, 15) is 0 Å². The molecule has 0 atom stereocenters. The van der Waals surface area contributed by atoms with E-state index in [0.29, 0.717) is 5.28 Å². The van der Waals surface area contributed by atoms with Gasteiger partial charge in [-0.1, -0.05) is 31.2 Å². The molecule has 0 aliphatic rings. The van der Waals surface area contributed by atoms with Gasteiger partial charge in [0.1, 0.15) is 5.82 Å². The first-order valence-electron chi connectivity index (χ1n) is 5.34. The van der Waals surface area contributed by atoms with Crippen molar-refractivity contribution in [2.24, 2.45) is 0 Å². The maximum absolute atomic E-state index is 6.02. The van der Waals surface area contributed by atoms with Crippen LogP contribution in [0.3, 0.4) is 0 Å². The largest absolute Gasteiger partial charge is 0.297 e. The number of nitrogens with zero attached hydrogens (tertiary/aromatic N) is 3. The van der Waals surface area contributed by atoms with Gasteiger partial charge in [-0.3, -0.25) is 4.57 Å². The summed E-state index contributed by atoms with van der Waals surface area (Å²) in [5, 5.41) is 8.39. The van der Waals surface area contributed by atoms with Gasteiger partial charge in [-0.25, -0.2) is 0 Å². The van der Waals surface area contributed by atoms with Crippen molar-refractivity contribution in [2.45, 2.75) is 26.8 Å². The van der Waals surface area contributed by atoms with Gasteiger partial charge in [0.25, 0.3) is 0 Å². The van der Waals surface area contributed by atoms with Crippen LogP contribution in [-0.2, 0) is 13.0 Å². The molecule has 0 N–H and O–H groups in total. The lowest BCUT2D eigenvalue weighted by atomic mass is 10.1. The highest BCUT2D eigenvalue weighted by Gasteiger charge is 2.09. The number of aryl methyl sites for hydroxylation is 2. The highest BCUT2D eigenvalue weighted by molar-refractivity contribution is 6.28. The molecule has 0 aliphatic heterocycles. The van der Waals surface area contributed by atoms with Gasteiger partial charge in [0, 0.05) is 6.42 Å². The molecular formula is C12H14ClN3. The first kappa shape index (κ1) is 11.1. The third-order valence-electron chi connectivity index (χ3n) is 2.69. The molecular weight excluding hydrogens is 222 g/mol. The van der Waals surface area contributed by atoms with Crippen molar-refractivity contribution in [3.63, 3.8) is 0 Å². The molecule has 0 saturated carbocycles. The molecule has 2 rings (SSSR count).